The number of hydrogen-bond acceptors (Lipinski definition) is 2. The third-order valence-electron chi connectivity index (χ3n) is 3.49. The van der Waals surface area contributed by atoms with E-state index in [9.17, 15) is 0 Å². The number of aliphatic imine (C=N–C) groups is 1. The molecule has 0 radical (unpaired) electrons. The topological polar surface area (TPSA) is 54.8 Å². The highest BCUT2D eigenvalue weighted by atomic mass is 16.3. The SMILES string of the molecule is Cc1cc(CN=C(N)N2CCCCCC2)c(C)o1. The van der Waals surface area contributed by atoms with E-state index >= 15 is 0 Å². The van der Waals surface area contributed by atoms with Gasteiger partial charge in [0.25, 0.3) is 0 Å². The standard InChI is InChI=1S/C14H23N3O/c1-11-9-13(12(2)18-11)10-16-14(15)17-7-5-3-4-6-8-17/h9H,3-8,10H2,1-2H3,(H2,15,16). The summed E-state index contributed by atoms with van der Waals surface area (Å²) in [5.41, 5.74) is 7.20. The van der Waals surface area contributed by atoms with Crippen LogP contribution in [0.3, 0.4) is 0 Å². The predicted octanol–water partition coefficient (Wildman–Crippen LogP) is 2.59. The molecule has 18 heavy (non-hydrogen) atoms. The van der Waals surface area contributed by atoms with Crippen molar-refractivity contribution in [2.24, 2.45) is 10.7 Å². The fourth-order valence-electron chi connectivity index (χ4n) is 2.41. The Balaban J connectivity index is 1.97. The second kappa shape index (κ2) is 5.94. The molecule has 0 atom stereocenters. The van der Waals surface area contributed by atoms with Gasteiger partial charge in [-0.2, -0.15) is 0 Å². The first-order valence-corrected chi connectivity index (χ1v) is 6.77. The third kappa shape index (κ3) is 3.28. The van der Waals surface area contributed by atoms with Gasteiger partial charge < -0.3 is 15.1 Å². The van der Waals surface area contributed by atoms with Crippen LogP contribution < -0.4 is 5.73 Å². The van der Waals surface area contributed by atoms with Gasteiger partial charge in [0, 0.05) is 18.7 Å². The van der Waals surface area contributed by atoms with Crippen molar-refractivity contribution in [2.45, 2.75) is 46.1 Å². The molecule has 1 aromatic heterocycles. The van der Waals surface area contributed by atoms with Crippen molar-refractivity contribution in [3.63, 3.8) is 0 Å². The molecular weight excluding hydrogens is 226 g/mol. The molecule has 100 valence electrons. The van der Waals surface area contributed by atoms with Crippen molar-refractivity contribution in [1.82, 2.24) is 4.90 Å². The van der Waals surface area contributed by atoms with Crippen molar-refractivity contribution in [2.75, 3.05) is 13.1 Å². The van der Waals surface area contributed by atoms with Crippen LogP contribution in [0.25, 0.3) is 0 Å². The van der Waals surface area contributed by atoms with E-state index in [4.69, 9.17) is 10.2 Å². The molecule has 2 N–H and O–H groups in total. The molecule has 0 spiro atoms. The molecule has 1 aliphatic rings. The molecular formula is C14H23N3O. The predicted molar refractivity (Wildman–Crippen MR) is 73.5 cm³/mol. The highest BCUT2D eigenvalue weighted by Gasteiger charge is 2.11. The first-order chi connectivity index (χ1) is 8.66. The van der Waals surface area contributed by atoms with Gasteiger partial charge in [0.1, 0.15) is 11.5 Å². The van der Waals surface area contributed by atoms with Crippen LogP contribution in [0.2, 0.25) is 0 Å². The molecule has 2 heterocycles. The van der Waals surface area contributed by atoms with Crippen LogP contribution in [0.4, 0.5) is 0 Å². The summed E-state index contributed by atoms with van der Waals surface area (Å²) in [5, 5.41) is 0. The minimum absolute atomic E-state index is 0.617. The van der Waals surface area contributed by atoms with Crippen molar-refractivity contribution in [3.05, 3.63) is 23.2 Å². The Kier molecular flexibility index (Phi) is 4.28. The van der Waals surface area contributed by atoms with Crippen molar-refractivity contribution < 1.29 is 4.42 Å². The highest BCUT2D eigenvalue weighted by Crippen LogP contribution is 2.15. The van der Waals surface area contributed by atoms with Crippen LogP contribution in [-0.4, -0.2) is 23.9 Å². The summed E-state index contributed by atoms with van der Waals surface area (Å²) >= 11 is 0. The summed E-state index contributed by atoms with van der Waals surface area (Å²) in [6.07, 6.45) is 5.06. The first kappa shape index (κ1) is 13.0. The van der Waals surface area contributed by atoms with Crippen LogP contribution in [0, 0.1) is 13.8 Å². The quantitative estimate of drug-likeness (QED) is 0.647. The second-order valence-electron chi connectivity index (χ2n) is 5.01. The van der Waals surface area contributed by atoms with Gasteiger partial charge in [-0.05, 0) is 32.8 Å². The minimum atomic E-state index is 0.617. The molecule has 2 rings (SSSR count). The van der Waals surface area contributed by atoms with Crippen LogP contribution in [0.5, 0.6) is 0 Å². The zero-order valence-electron chi connectivity index (χ0n) is 11.4. The smallest absolute Gasteiger partial charge is 0.191 e. The molecule has 0 unspecified atom stereocenters. The largest absolute Gasteiger partial charge is 0.466 e. The van der Waals surface area contributed by atoms with E-state index in [1.54, 1.807) is 0 Å². The first-order valence-electron chi connectivity index (χ1n) is 6.77. The maximum absolute atomic E-state index is 6.07. The molecule has 4 nitrogen and oxygen atoms in total. The summed E-state index contributed by atoms with van der Waals surface area (Å²) in [7, 11) is 0. The molecule has 0 amide bonds. The van der Waals surface area contributed by atoms with Gasteiger partial charge >= 0.3 is 0 Å². The number of nitrogens with two attached hydrogens (primary N) is 1. The Labute approximate surface area is 109 Å². The molecule has 0 bridgehead atoms. The maximum atomic E-state index is 6.07. The molecule has 1 saturated heterocycles. The molecule has 1 aromatic rings. The molecule has 0 saturated carbocycles. The monoisotopic (exact) mass is 249 g/mol. The maximum Gasteiger partial charge on any atom is 0.191 e. The average Bonchev–Trinajstić information content (AvgIpc) is 2.59. The lowest BCUT2D eigenvalue weighted by molar-refractivity contribution is 0.428. The number of likely N-dealkylation sites (tertiary alicyclic amines) is 1. The summed E-state index contributed by atoms with van der Waals surface area (Å²) in [4.78, 5) is 6.70. The van der Waals surface area contributed by atoms with E-state index in [0.717, 1.165) is 30.2 Å². The van der Waals surface area contributed by atoms with E-state index in [-0.39, 0.29) is 0 Å². The van der Waals surface area contributed by atoms with Gasteiger partial charge in [-0.15, -0.1) is 0 Å². The van der Waals surface area contributed by atoms with Gasteiger partial charge in [0.05, 0.1) is 6.54 Å². The molecule has 0 aliphatic carbocycles. The van der Waals surface area contributed by atoms with Crippen molar-refractivity contribution in [1.29, 1.82) is 0 Å². The lowest BCUT2D eigenvalue weighted by Crippen LogP contribution is -2.38. The number of guanidine groups is 1. The summed E-state index contributed by atoms with van der Waals surface area (Å²) in [5.74, 6) is 2.56. The minimum Gasteiger partial charge on any atom is -0.466 e. The summed E-state index contributed by atoms with van der Waals surface area (Å²) in [6, 6.07) is 2.04. The second-order valence-corrected chi connectivity index (χ2v) is 5.01. The fourth-order valence-corrected chi connectivity index (χ4v) is 2.41. The highest BCUT2D eigenvalue weighted by molar-refractivity contribution is 5.78. The van der Waals surface area contributed by atoms with Gasteiger partial charge in [0.2, 0.25) is 0 Å². The third-order valence-corrected chi connectivity index (χ3v) is 3.49. The molecule has 1 aliphatic heterocycles. The Bertz CT molecular complexity index is 415. The van der Waals surface area contributed by atoms with E-state index < -0.39 is 0 Å². The van der Waals surface area contributed by atoms with Gasteiger partial charge in [-0.25, -0.2) is 4.99 Å². The number of furan rings is 1. The average molecular weight is 249 g/mol. The van der Waals surface area contributed by atoms with E-state index in [2.05, 4.69) is 9.89 Å². The van der Waals surface area contributed by atoms with Crippen molar-refractivity contribution >= 4 is 5.96 Å². The normalized spacial score (nSPS) is 17.9. The van der Waals surface area contributed by atoms with Crippen LogP contribution >= 0.6 is 0 Å². The van der Waals surface area contributed by atoms with E-state index in [1.807, 2.05) is 19.9 Å². The molecule has 0 aromatic carbocycles. The Morgan fingerprint density at radius 3 is 2.50 bits per heavy atom. The van der Waals surface area contributed by atoms with E-state index in [1.165, 1.54) is 25.7 Å². The van der Waals surface area contributed by atoms with Crippen LogP contribution in [-0.2, 0) is 6.54 Å². The molecule has 1 fully saturated rings. The number of aryl methyl sites for hydroxylation is 2. The van der Waals surface area contributed by atoms with Crippen molar-refractivity contribution in [3.8, 4) is 0 Å². The lowest BCUT2D eigenvalue weighted by Gasteiger charge is -2.20. The Morgan fingerprint density at radius 2 is 1.94 bits per heavy atom. The number of hydrogen-bond donors (Lipinski definition) is 1. The zero-order chi connectivity index (χ0) is 13.0. The van der Waals surface area contributed by atoms with Gasteiger partial charge in [0.15, 0.2) is 5.96 Å². The Hall–Kier alpha value is -1.45. The lowest BCUT2D eigenvalue weighted by atomic mass is 10.2. The van der Waals surface area contributed by atoms with Crippen LogP contribution in [0.1, 0.15) is 42.8 Å². The number of rotatable bonds is 2. The number of nitrogens with zero attached hydrogens (tertiary/aromatic N) is 2. The van der Waals surface area contributed by atoms with Gasteiger partial charge in [-0.3, -0.25) is 0 Å². The Morgan fingerprint density at radius 1 is 1.28 bits per heavy atom. The summed E-state index contributed by atoms with van der Waals surface area (Å²) in [6.45, 7) is 6.63. The van der Waals surface area contributed by atoms with E-state index in [0.29, 0.717) is 12.5 Å². The summed E-state index contributed by atoms with van der Waals surface area (Å²) < 4.78 is 5.49. The van der Waals surface area contributed by atoms with Crippen LogP contribution in [0.15, 0.2) is 15.5 Å². The molecule has 4 heteroatoms. The van der Waals surface area contributed by atoms with Gasteiger partial charge in [-0.1, -0.05) is 12.8 Å². The fraction of sp³-hybridized carbons (Fsp3) is 0.643. The zero-order valence-corrected chi connectivity index (χ0v) is 11.4.